The molecule has 1 heterocycles. The Kier molecular flexibility index (Phi) is 13.0. The molecule has 6 atom stereocenters. The predicted octanol–water partition coefficient (Wildman–Crippen LogP) is 3.55. The SMILES string of the molecule is C=CCNC(=O)C(=O)C(CCCC)NC(=O)[C@@H]1[C@@H]2[C@H](CN1C(=O)[C@@H](NC(=O)N[C@@H](C(=C)C)C(=O)OC(C)(C)C)C1CCCCC1)C2(C)C. The molecule has 5 amide bonds. The zero-order chi connectivity index (χ0) is 36.0. The number of nitrogens with zero attached hydrogens (tertiary/aromatic N) is 1. The summed E-state index contributed by atoms with van der Waals surface area (Å²) in [5.41, 5.74) is -0.598. The van der Waals surface area contributed by atoms with Gasteiger partial charge in [-0.25, -0.2) is 9.59 Å². The van der Waals surface area contributed by atoms with Crippen molar-refractivity contribution < 1.29 is 33.5 Å². The van der Waals surface area contributed by atoms with E-state index in [4.69, 9.17) is 4.74 Å². The average Bonchev–Trinajstić information content (AvgIpc) is 3.33. The normalized spacial score (nSPS) is 23.4. The van der Waals surface area contributed by atoms with E-state index in [9.17, 15) is 28.8 Å². The minimum Gasteiger partial charge on any atom is -0.458 e. The molecule has 12 heteroatoms. The number of hydrogen-bond donors (Lipinski definition) is 4. The monoisotopic (exact) mass is 671 g/mol. The van der Waals surface area contributed by atoms with Crippen molar-refractivity contribution in [1.82, 2.24) is 26.2 Å². The maximum absolute atomic E-state index is 14.5. The molecule has 0 bridgehead atoms. The molecule has 0 aromatic heterocycles. The maximum Gasteiger partial charge on any atom is 0.333 e. The molecule has 3 rings (SSSR count). The van der Waals surface area contributed by atoms with Crippen LogP contribution in [0.3, 0.4) is 0 Å². The number of likely N-dealkylation sites (tertiary alicyclic amines) is 1. The van der Waals surface area contributed by atoms with Crippen LogP contribution in [0.15, 0.2) is 24.8 Å². The molecule has 1 aliphatic heterocycles. The van der Waals surface area contributed by atoms with E-state index in [1.807, 2.05) is 6.92 Å². The van der Waals surface area contributed by atoms with Crippen molar-refractivity contribution in [3.8, 4) is 0 Å². The largest absolute Gasteiger partial charge is 0.458 e. The topological polar surface area (TPSA) is 163 Å². The number of hydrogen-bond acceptors (Lipinski definition) is 7. The highest BCUT2D eigenvalue weighted by Crippen LogP contribution is 2.65. The van der Waals surface area contributed by atoms with Gasteiger partial charge in [0.05, 0.1) is 6.04 Å². The quantitative estimate of drug-likeness (QED) is 0.118. The Morgan fingerprint density at radius 2 is 1.67 bits per heavy atom. The number of esters is 1. The lowest BCUT2D eigenvalue weighted by atomic mass is 9.83. The van der Waals surface area contributed by atoms with Crippen LogP contribution in [0.5, 0.6) is 0 Å². The Balaban J connectivity index is 1.86. The lowest BCUT2D eigenvalue weighted by Gasteiger charge is -2.37. The molecule has 0 aromatic rings. The Hall–Kier alpha value is -3.70. The summed E-state index contributed by atoms with van der Waals surface area (Å²) in [4.78, 5) is 82.1. The maximum atomic E-state index is 14.5. The zero-order valence-electron chi connectivity index (χ0n) is 29.9. The summed E-state index contributed by atoms with van der Waals surface area (Å²) >= 11 is 0. The van der Waals surface area contributed by atoms with Gasteiger partial charge in [0.15, 0.2) is 0 Å². The van der Waals surface area contributed by atoms with Crippen molar-refractivity contribution in [3.63, 3.8) is 0 Å². The Labute approximate surface area is 285 Å². The van der Waals surface area contributed by atoms with Gasteiger partial charge in [-0.3, -0.25) is 19.2 Å². The third-order valence-electron chi connectivity index (χ3n) is 9.95. The van der Waals surface area contributed by atoms with Gasteiger partial charge in [-0.1, -0.05) is 65.5 Å². The number of Topliss-reactive ketones (excluding diaryl/α,β-unsaturated/α-hetero) is 1. The molecule has 12 nitrogen and oxygen atoms in total. The fourth-order valence-electron chi connectivity index (χ4n) is 7.24. The first-order valence-corrected chi connectivity index (χ1v) is 17.4. The van der Waals surface area contributed by atoms with Gasteiger partial charge in [-0.2, -0.15) is 0 Å². The van der Waals surface area contributed by atoms with Gasteiger partial charge in [0, 0.05) is 13.1 Å². The second-order valence-electron chi connectivity index (χ2n) is 15.3. The van der Waals surface area contributed by atoms with Gasteiger partial charge in [0.1, 0.15) is 23.7 Å². The van der Waals surface area contributed by atoms with Crippen LogP contribution >= 0.6 is 0 Å². The number of carbonyl (C=O) groups is 6. The zero-order valence-corrected chi connectivity index (χ0v) is 29.9. The van der Waals surface area contributed by atoms with Gasteiger partial charge in [0.2, 0.25) is 17.6 Å². The Morgan fingerprint density at radius 1 is 1.02 bits per heavy atom. The number of rotatable bonds is 15. The van der Waals surface area contributed by atoms with E-state index in [-0.39, 0.29) is 42.0 Å². The van der Waals surface area contributed by atoms with Crippen molar-refractivity contribution >= 4 is 35.5 Å². The highest BCUT2D eigenvalue weighted by molar-refractivity contribution is 6.38. The van der Waals surface area contributed by atoms with Gasteiger partial charge < -0.3 is 30.9 Å². The summed E-state index contributed by atoms with van der Waals surface area (Å²) in [5, 5.41) is 10.8. The predicted molar refractivity (Wildman–Crippen MR) is 182 cm³/mol. The third-order valence-corrected chi connectivity index (χ3v) is 9.95. The van der Waals surface area contributed by atoms with Crippen molar-refractivity contribution in [1.29, 1.82) is 0 Å². The summed E-state index contributed by atoms with van der Waals surface area (Å²) in [5.74, 6) is -3.28. The first-order valence-electron chi connectivity index (χ1n) is 17.4. The lowest BCUT2D eigenvalue weighted by Crippen LogP contribution is -2.61. The first kappa shape index (κ1) is 38.7. The van der Waals surface area contributed by atoms with Crippen LogP contribution in [0.25, 0.3) is 0 Å². The number of ketones is 1. The molecule has 2 saturated carbocycles. The number of carbonyl (C=O) groups excluding carboxylic acids is 6. The number of fused-ring (bicyclic) bond motifs is 1. The van der Waals surface area contributed by atoms with Crippen molar-refractivity contribution in [2.24, 2.45) is 23.2 Å². The smallest absolute Gasteiger partial charge is 0.333 e. The highest BCUT2D eigenvalue weighted by Gasteiger charge is 2.69. The molecule has 3 fully saturated rings. The van der Waals surface area contributed by atoms with Gasteiger partial charge in [-0.15, -0.1) is 6.58 Å². The van der Waals surface area contributed by atoms with Crippen LogP contribution in [0.2, 0.25) is 0 Å². The summed E-state index contributed by atoms with van der Waals surface area (Å²) in [6, 6.07) is -4.67. The van der Waals surface area contributed by atoms with Crippen molar-refractivity contribution in [2.75, 3.05) is 13.1 Å². The van der Waals surface area contributed by atoms with Crippen LogP contribution in [-0.4, -0.2) is 83.3 Å². The van der Waals surface area contributed by atoms with E-state index in [0.717, 1.165) is 38.5 Å². The molecule has 0 spiro atoms. The van der Waals surface area contributed by atoms with E-state index in [1.54, 1.807) is 32.6 Å². The van der Waals surface area contributed by atoms with Crippen LogP contribution < -0.4 is 21.3 Å². The van der Waals surface area contributed by atoms with Crippen LogP contribution in [0, 0.1) is 23.2 Å². The fraction of sp³-hybridized carbons (Fsp3) is 0.722. The van der Waals surface area contributed by atoms with Gasteiger partial charge in [-0.05, 0) is 75.7 Å². The molecule has 3 aliphatic rings. The molecule has 0 radical (unpaired) electrons. The molecular weight excluding hydrogens is 614 g/mol. The van der Waals surface area contributed by atoms with Crippen molar-refractivity contribution in [2.45, 2.75) is 130 Å². The Bertz CT molecular complexity index is 1270. The van der Waals surface area contributed by atoms with E-state index < -0.39 is 59.4 Å². The number of urea groups is 1. The molecular formula is C36H57N5O7. The van der Waals surface area contributed by atoms with Crippen LogP contribution in [-0.2, 0) is 28.7 Å². The molecule has 48 heavy (non-hydrogen) atoms. The number of amides is 5. The lowest BCUT2D eigenvalue weighted by molar-refractivity contribution is -0.156. The Morgan fingerprint density at radius 3 is 2.23 bits per heavy atom. The minimum absolute atomic E-state index is 0.0682. The third kappa shape index (κ3) is 9.47. The van der Waals surface area contributed by atoms with E-state index in [1.165, 1.54) is 6.08 Å². The van der Waals surface area contributed by atoms with E-state index >= 15 is 0 Å². The van der Waals surface area contributed by atoms with Gasteiger partial charge >= 0.3 is 12.0 Å². The fourth-order valence-corrected chi connectivity index (χ4v) is 7.24. The van der Waals surface area contributed by atoms with E-state index in [2.05, 4.69) is 48.3 Å². The second-order valence-corrected chi connectivity index (χ2v) is 15.3. The van der Waals surface area contributed by atoms with Crippen LogP contribution in [0.1, 0.15) is 99.8 Å². The van der Waals surface area contributed by atoms with E-state index in [0.29, 0.717) is 18.5 Å². The van der Waals surface area contributed by atoms with Gasteiger partial charge in [0.25, 0.3) is 5.91 Å². The summed E-state index contributed by atoms with van der Waals surface area (Å²) in [6.07, 6.45) is 7.42. The minimum atomic E-state index is -1.12. The summed E-state index contributed by atoms with van der Waals surface area (Å²) in [6.45, 7) is 20.7. The summed E-state index contributed by atoms with van der Waals surface area (Å²) < 4.78 is 5.48. The summed E-state index contributed by atoms with van der Waals surface area (Å²) in [7, 11) is 0. The second kappa shape index (κ2) is 16.1. The number of ether oxygens (including phenoxy) is 1. The molecule has 1 unspecified atom stereocenters. The average molecular weight is 672 g/mol. The molecule has 4 N–H and O–H groups in total. The van der Waals surface area contributed by atoms with Crippen LogP contribution in [0.4, 0.5) is 4.79 Å². The molecule has 268 valence electrons. The standard InChI is InChI=1S/C36H57N5O7/c1-10-12-18-24(29(42)31(44)37-19-11-2)38-30(43)28-25-23(36(25,8)9)20-41(28)32(45)27(22-16-14-13-15-17-22)40-34(47)39-26(21(3)4)33(46)48-35(5,6)7/h11,22-28H,2-3,10,12-20H2,1,4-9H3,(H,37,44)(H,38,43)(H2,39,40,47)/t23-,24?,25-,26-,27-,28-/m0/s1. The molecule has 2 aliphatic carbocycles. The highest BCUT2D eigenvalue weighted by atomic mass is 16.6. The van der Waals surface area contributed by atoms with Crippen molar-refractivity contribution in [3.05, 3.63) is 24.8 Å². The molecule has 0 aromatic carbocycles. The number of piperidine rings is 1. The molecule has 1 saturated heterocycles. The number of unbranched alkanes of at least 4 members (excludes halogenated alkanes) is 1. The first-order chi connectivity index (χ1) is 22.4. The number of nitrogens with one attached hydrogen (secondary N) is 4.